The summed E-state index contributed by atoms with van der Waals surface area (Å²) < 4.78 is 0. The molecule has 8 N–H and O–H groups in total. The summed E-state index contributed by atoms with van der Waals surface area (Å²) in [6.07, 6.45) is 11.1. The number of hydrogen-bond acceptors (Lipinski definition) is 20. The number of non-ortho nitro benzene ring substituents is 3. The number of aryl methyl sites for hydroxylation is 1. The van der Waals surface area contributed by atoms with Crippen molar-refractivity contribution < 1.29 is 69.4 Å². The second-order valence-corrected chi connectivity index (χ2v) is 18.2. The number of allylic oxidation sites excluding steroid dienone is 1. The maximum Gasteiger partial charge on any atom is 1.00 e. The molecule has 0 saturated heterocycles. The zero-order valence-electron chi connectivity index (χ0n) is 56.8. The number of amidine groups is 1. The number of benzene rings is 7. The van der Waals surface area contributed by atoms with Crippen LogP contribution in [0.1, 0.15) is 66.8 Å². The van der Waals surface area contributed by atoms with Crippen molar-refractivity contribution in [2.75, 3.05) is 18.6 Å². The third kappa shape index (κ3) is 34.4. The van der Waals surface area contributed by atoms with Gasteiger partial charge in [0.05, 0.1) is 14.8 Å². The van der Waals surface area contributed by atoms with Gasteiger partial charge in [-0.25, -0.2) is 0 Å². The molecule has 0 atom stereocenters. The number of nitro benzene ring substituents is 3. The molecule has 0 aliphatic heterocycles. The van der Waals surface area contributed by atoms with E-state index in [0.29, 0.717) is 34.3 Å². The van der Waals surface area contributed by atoms with Crippen LogP contribution in [0.4, 0.5) is 22.7 Å². The molecular weight excluding hydrogens is 2040 g/mol. The molecule has 0 aliphatic rings. The Kier molecular flexibility index (Phi) is 48.6. The summed E-state index contributed by atoms with van der Waals surface area (Å²) in [7, 11) is -1.34. The Morgan fingerprint density at radius 2 is 0.847 bits per heavy atom. The monoisotopic (exact) mass is 2110 g/mol. The Balaban J connectivity index is -0.000000540. The van der Waals surface area contributed by atoms with Crippen LogP contribution in [0, 0.1) is 61.3 Å². The molecule has 7 aromatic carbocycles. The number of thioether (sulfide) groups is 1. The van der Waals surface area contributed by atoms with Crippen LogP contribution in [-0.2, 0) is 4.79 Å². The minimum absolute atomic E-state index is 0. The smallest absolute Gasteiger partial charge is 0.872 e. The molecule has 3 heterocycles. The van der Waals surface area contributed by atoms with Crippen LogP contribution in [0.3, 0.4) is 0 Å². The molecule has 0 aliphatic carbocycles. The van der Waals surface area contributed by atoms with E-state index in [-0.39, 0.29) is 69.7 Å². The molecule has 0 fully saturated rings. The van der Waals surface area contributed by atoms with Crippen molar-refractivity contribution in [3.8, 4) is 56.5 Å². The van der Waals surface area contributed by atoms with Crippen LogP contribution in [0.2, 0.25) is 0 Å². The van der Waals surface area contributed by atoms with Gasteiger partial charge >= 0.3 is 36.7 Å². The summed E-state index contributed by atoms with van der Waals surface area (Å²) in [5.41, 5.74) is 18.8. The van der Waals surface area contributed by atoms with Gasteiger partial charge in [0.15, 0.2) is 11.0 Å². The van der Waals surface area contributed by atoms with Crippen molar-refractivity contribution >= 4 is 63.8 Å². The molecule has 0 unspecified atom stereocenters. The van der Waals surface area contributed by atoms with Gasteiger partial charge in [0.25, 0.3) is 17.1 Å². The fourth-order valence-electron chi connectivity index (χ4n) is 6.75. The van der Waals surface area contributed by atoms with E-state index in [9.17, 15) is 40.2 Å². The molecule has 0 bridgehead atoms. The van der Waals surface area contributed by atoms with E-state index in [2.05, 4.69) is 48.5 Å². The number of nitrogens with zero attached hydrogens (tertiary/aromatic N) is 9. The summed E-state index contributed by atoms with van der Waals surface area (Å²) >= 11 is 1.24. The first-order valence-corrected chi connectivity index (χ1v) is 30.2. The summed E-state index contributed by atoms with van der Waals surface area (Å²) in [5, 5.41) is 74.1. The van der Waals surface area contributed by atoms with Crippen molar-refractivity contribution in [2.24, 2.45) is 5.73 Å². The molecular formula is C69H75BN12NaO11Rf3S-3. The van der Waals surface area contributed by atoms with E-state index in [4.69, 9.17) is 32.0 Å². The SMILES string of the molecule is CC.CC.CC.CC(=O)/C=C(\[O-])c1ccc([N+](=O)[O-])cc1.CCO.CSC(=N)N.Cc1n[c-]cc(-c2ccc([N+](=O)[O-])cc2)n1.Nc1ccc(-c2c[c-]nc(-c3ccccc3)n2)cc1.O=[N+]([O-])c1ccc(-c2c[c-]nc(-c3ccccc3)n2)cc1.OB(O)c1ccccc1.[Na+].[Rf].[Rf].[Rf]. The quantitative estimate of drug-likeness (QED) is 0.00807. The number of ketones is 1. The summed E-state index contributed by atoms with van der Waals surface area (Å²) in [4.78, 5) is 66.1. The second-order valence-electron chi connectivity index (χ2n) is 17.4. The van der Waals surface area contributed by atoms with Crippen LogP contribution in [0.25, 0.3) is 62.3 Å². The van der Waals surface area contributed by atoms with Gasteiger partial charge in [-0.1, -0.05) is 229 Å². The molecule has 0 radical (unpaired) electrons. The summed E-state index contributed by atoms with van der Waals surface area (Å²) in [6, 6.07) is 58.4. The summed E-state index contributed by atoms with van der Waals surface area (Å²) in [5.74, 6) is 1.08. The van der Waals surface area contributed by atoms with Crippen molar-refractivity contribution in [2.45, 2.75) is 62.3 Å². The Hall–Kier alpha value is -13.2. The van der Waals surface area contributed by atoms with E-state index in [1.165, 1.54) is 67.2 Å². The number of rotatable bonds is 11. The number of hydrogen-bond donors (Lipinski definition) is 6. The predicted octanol–water partition coefficient (Wildman–Crippen LogP) is 9.45. The number of nitrogens with one attached hydrogen (secondary N) is 1. The van der Waals surface area contributed by atoms with Crippen LogP contribution in [0.15, 0.2) is 212 Å². The van der Waals surface area contributed by atoms with Crippen LogP contribution in [-0.4, -0.2) is 90.8 Å². The maximum atomic E-state index is 11.3. The molecule has 496 valence electrons. The van der Waals surface area contributed by atoms with E-state index in [1.807, 2.05) is 133 Å². The number of nitrogen functional groups attached to an aromatic ring is 1. The first-order chi connectivity index (χ1) is 45.2. The van der Waals surface area contributed by atoms with Crippen molar-refractivity contribution in [1.29, 1.82) is 5.41 Å². The Morgan fingerprint density at radius 1 is 0.551 bits per heavy atom. The largest absolute Gasteiger partial charge is 1.00 e. The first-order valence-electron chi connectivity index (χ1n) is 29.0. The third-order valence-corrected chi connectivity index (χ3v) is 11.4. The molecule has 3 aromatic heterocycles. The van der Waals surface area contributed by atoms with Gasteiger partial charge in [-0.3, -0.25) is 40.5 Å². The van der Waals surface area contributed by atoms with Crippen LogP contribution in [0.5, 0.6) is 0 Å². The van der Waals surface area contributed by atoms with E-state index in [1.54, 1.807) is 86.8 Å². The zero-order valence-corrected chi connectivity index (χ0v) is 78.8. The van der Waals surface area contributed by atoms with Crippen molar-refractivity contribution in [1.82, 2.24) is 29.9 Å². The van der Waals surface area contributed by atoms with E-state index in [0.717, 1.165) is 45.3 Å². The molecule has 0 amide bonds. The minimum Gasteiger partial charge on any atom is -0.872 e. The Bertz CT molecular complexity index is 3860. The number of anilines is 1. The molecule has 0 saturated carbocycles. The standard InChI is InChI=1S/C16H10N3O2.C16H12N3.C11H8N3O2.C10H9NO4.C6H7BO2.C2H6N2S.C2H6O.3C2H6.Na.3Rf/c20-19(21)14-8-6-12(7-9-14)15-10-11-17-16(18-15)13-4-2-1-3-5-13;17-14-8-6-12(7-9-14)15-10-11-18-16(19-15)13-4-2-1-3-5-13;1-8-12-7-6-11(13-8)9-2-4-10(5-3-9)14(15)16;1-7(12)6-10(13)8-2-4-9(5-3-8)11(14)15;8-7(9)6-4-2-1-3-5-6;1-5-2(3)4;1-2-3;3*1-2;;;;/h1-10H;1-10H,17H2;2-6H,1H3;2-6,13H,1H3;1-5,8-9H;1H3,(H3,3,4);3H,2H2,1H3;3*1-2H3;;;;/q3*-1;;;;;;;;+1;;;/p-1/b;;;10-6-;;;;;;;;;;. The third-order valence-electron chi connectivity index (χ3n) is 10.9. The van der Waals surface area contributed by atoms with Crippen LogP contribution < -0.4 is 51.6 Å². The minimum atomic E-state index is -1.34. The van der Waals surface area contributed by atoms with Crippen molar-refractivity contribution in [3.63, 3.8) is 0 Å². The van der Waals surface area contributed by atoms with E-state index < -0.39 is 27.6 Å². The number of aromatic nitrogens is 6. The van der Waals surface area contributed by atoms with Gasteiger partial charge in [-0.2, -0.15) is 0 Å². The van der Waals surface area contributed by atoms with Gasteiger partial charge in [0, 0.05) is 66.2 Å². The van der Waals surface area contributed by atoms with Gasteiger partial charge in [-0.05, 0) is 89.7 Å². The second kappa shape index (κ2) is 52.3. The van der Waals surface area contributed by atoms with Gasteiger partial charge in [0.1, 0.15) is 0 Å². The van der Waals surface area contributed by atoms with Crippen molar-refractivity contribution in [3.05, 3.63) is 273 Å². The van der Waals surface area contributed by atoms with Gasteiger partial charge in [0.2, 0.25) is 0 Å². The number of aliphatic hydroxyl groups excluding tert-OH is 1. The first kappa shape index (κ1) is 91.2. The summed E-state index contributed by atoms with van der Waals surface area (Å²) in [6.45, 7) is 17.0. The molecule has 0 spiro atoms. The molecule has 29 heteroatoms. The van der Waals surface area contributed by atoms with E-state index >= 15 is 0 Å². The fraction of sp³-hybridized carbons (Fsp3) is 0.159. The average molecular weight is 2120 g/mol. The number of nitrogens with two attached hydrogens (primary N) is 2. The molecule has 23 nitrogen and oxygen atoms in total. The zero-order chi connectivity index (χ0) is 70.4. The molecule has 10 aromatic rings. The number of aliphatic hydroxyl groups is 1. The van der Waals surface area contributed by atoms with Crippen LogP contribution >= 0.6 is 11.8 Å². The normalized spacial score (nSPS) is 9.13. The van der Waals surface area contributed by atoms with Gasteiger partial charge < -0.3 is 61.6 Å². The maximum absolute atomic E-state index is 11.3. The topological polar surface area (TPSA) is 383 Å². The number of carbonyl (C=O) groups excluding carboxylic acids is 1. The fourth-order valence-corrected chi connectivity index (χ4v) is 6.75. The Labute approximate surface area is 580 Å². The number of carbonyl (C=O) groups is 1. The number of nitro groups is 3. The molecule has 10 rings (SSSR count). The van der Waals surface area contributed by atoms with Gasteiger partial charge in [-0.15, -0.1) is 18.2 Å². The predicted molar refractivity (Wildman–Crippen MR) is 372 cm³/mol. The average Bonchev–Trinajstić information content (AvgIpc) is 0.899. The Morgan fingerprint density at radius 3 is 1.13 bits per heavy atom. The molecule has 98 heavy (non-hydrogen) atoms.